The van der Waals surface area contributed by atoms with Gasteiger partial charge in [0.2, 0.25) is 10.0 Å². The summed E-state index contributed by atoms with van der Waals surface area (Å²) in [6.07, 6.45) is 4.19. The highest BCUT2D eigenvalue weighted by Gasteiger charge is 2.46. The minimum Gasteiger partial charge on any atom is -0.295 e. The second-order valence-electron chi connectivity index (χ2n) is 9.83. The van der Waals surface area contributed by atoms with Crippen LogP contribution in [0.25, 0.3) is 0 Å². The first kappa shape index (κ1) is 23.3. The molecule has 34 heavy (non-hydrogen) atoms. The van der Waals surface area contributed by atoms with Gasteiger partial charge in [0.05, 0.1) is 5.75 Å². The van der Waals surface area contributed by atoms with Gasteiger partial charge >= 0.3 is 0 Å². The Labute approximate surface area is 204 Å². The fraction of sp³-hybridized carbons (Fsp3) is 0.379. The van der Waals surface area contributed by atoms with E-state index in [1.807, 2.05) is 30.3 Å². The average molecular weight is 475 g/mol. The highest BCUT2D eigenvalue weighted by molar-refractivity contribution is 7.88. The molecular weight excluding hydrogens is 440 g/mol. The van der Waals surface area contributed by atoms with E-state index in [2.05, 4.69) is 65.6 Å². The van der Waals surface area contributed by atoms with Crippen LogP contribution >= 0.6 is 0 Å². The number of sulfonamides is 1. The molecule has 4 nitrogen and oxygen atoms in total. The van der Waals surface area contributed by atoms with Crippen molar-refractivity contribution < 1.29 is 8.42 Å². The van der Waals surface area contributed by atoms with E-state index in [1.54, 1.807) is 4.31 Å². The largest absolute Gasteiger partial charge is 0.295 e. The van der Waals surface area contributed by atoms with Crippen molar-refractivity contribution in [3.05, 3.63) is 108 Å². The van der Waals surface area contributed by atoms with E-state index >= 15 is 0 Å². The number of likely N-dealkylation sites (tertiary alicyclic amines) is 1. The van der Waals surface area contributed by atoms with E-state index in [1.165, 1.54) is 11.1 Å². The lowest BCUT2D eigenvalue weighted by atomic mass is 9.85. The van der Waals surface area contributed by atoms with Crippen LogP contribution in [0.15, 0.2) is 91.0 Å². The van der Waals surface area contributed by atoms with Gasteiger partial charge in [0.15, 0.2) is 0 Å². The molecule has 1 spiro atoms. The number of piperidine rings is 1. The summed E-state index contributed by atoms with van der Waals surface area (Å²) in [5.74, 6) is 0.356. The van der Waals surface area contributed by atoms with Crippen molar-refractivity contribution in [3.63, 3.8) is 0 Å². The topological polar surface area (TPSA) is 40.6 Å². The predicted molar refractivity (Wildman–Crippen MR) is 138 cm³/mol. The molecule has 5 rings (SSSR count). The molecule has 0 amide bonds. The normalized spacial score (nSPS) is 21.9. The maximum atomic E-state index is 13.4. The van der Waals surface area contributed by atoms with Crippen molar-refractivity contribution in [2.75, 3.05) is 26.2 Å². The van der Waals surface area contributed by atoms with Crippen LogP contribution in [0.3, 0.4) is 0 Å². The third-order valence-corrected chi connectivity index (χ3v) is 9.45. The zero-order valence-electron chi connectivity index (χ0n) is 19.7. The van der Waals surface area contributed by atoms with Crippen LogP contribution in [0.2, 0.25) is 0 Å². The first-order chi connectivity index (χ1) is 16.6. The summed E-state index contributed by atoms with van der Waals surface area (Å²) in [5.41, 5.74) is 3.43. The van der Waals surface area contributed by atoms with Gasteiger partial charge in [-0.25, -0.2) is 8.42 Å². The van der Waals surface area contributed by atoms with Gasteiger partial charge in [-0.1, -0.05) is 91.0 Å². The van der Waals surface area contributed by atoms with Gasteiger partial charge in [0.1, 0.15) is 0 Å². The summed E-state index contributed by atoms with van der Waals surface area (Å²) in [6, 6.07) is 31.0. The Kier molecular flexibility index (Phi) is 6.87. The minimum absolute atomic E-state index is 0.0657. The average Bonchev–Trinajstić information content (AvgIpc) is 3.24. The van der Waals surface area contributed by atoms with Crippen molar-refractivity contribution in [2.24, 2.45) is 0 Å². The Morgan fingerprint density at radius 2 is 1.26 bits per heavy atom. The molecule has 2 heterocycles. The van der Waals surface area contributed by atoms with Gasteiger partial charge < -0.3 is 0 Å². The monoisotopic (exact) mass is 474 g/mol. The number of nitrogens with zero attached hydrogens (tertiary/aromatic N) is 2. The molecule has 1 unspecified atom stereocenters. The van der Waals surface area contributed by atoms with E-state index < -0.39 is 10.0 Å². The molecule has 0 bridgehead atoms. The minimum atomic E-state index is -3.35. The van der Waals surface area contributed by atoms with Gasteiger partial charge in [-0.3, -0.25) is 4.90 Å². The summed E-state index contributed by atoms with van der Waals surface area (Å²) < 4.78 is 28.5. The zero-order valence-corrected chi connectivity index (χ0v) is 20.5. The maximum absolute atomic E-state index is 13.4. The summed E-state index contributed by atoms with van der Waals surface area (Å²) in [5, 5.41) is 0. The van der Waals surface area contributed by atoms with E-state index in [0.717, 1.165) is 44.3 Å². The molecule has 0 saturated carbocycles. The molecule has 2 saturated heterocycles. The van der Waals surface area contributed by atoms with Crippen LogP contribution in [0.5, 0.6) is 0 Å². The second-order valence-corrected chi connectivity index (χ2v) is 11.8. The SMILES string of the molecule is O=S(=O)(Cc1ccccc1)N1CCCC2(CCCN2CC(c2ccccc2)c2ccccc2)C1. The van der Waals surface area contributed by atoms with Gasteiger partial charge in [-0.2, -0.15) is 4.31 Å². The number of hydrogen-bond acceptors (Lipinski definition) is 3. The molecule has 0 aromatic heterocycles. The molecular formula is C29H34N2O2S. The number of benzene rings is 3. The van der Waals surface area contributed by atoms with Crippen LogP contribution in [0.1, 0.15) is 48.3 Å². The van der Waals surface area contributed by atoms with E-state index in [9.17, 15) is 8.42 Å². The smallest absolute Gasteiger partial charge is 0.218 e. The fourth-order valence-electron chi connectivity index (χ4n) is 5.92. The first-order valence-electron chi connectivity index (χ1n) is 12.4. The van der Waals surface area contributed by atoms with Crippen molar-refractivity contribution in [1.82, 2.24) is 9.21 Å². The number of hydrogen-bond donors (Lipinski definition) is 0. The molecule has 0 N–H and O–H groups in total. The van der Waals surface area contributed by atoms with Crippen LogP contribution in [0.4, 0.5) is 0 Å². The highest BCUT2D eigenvalue weighted by atomic mass is 32.2. The molecule has 2 aliphatic rings. The van der Waals surface area contributed by atoms with Gasteiger partial charge in [0.25, 0.3) is 0 Å². The van der Waals surface area contributed by atoms with E-state index in [-0.39, 0.29) is 17.2 Å². The van der Waals surface area contributed by atoms with E-state index in [4.69, 9.17) is 0 Å². The summed E-state index contributed by atoms with van der Waals surface area (Å²) in [6.45, 7) is 3.19. The molecule has 178 valence electrons. The lowest BCUT2D eigenvalue weighted by Crippen LogP contribution is -2.57. The highest BCUT2D eigenvalue weighted by Crippen LogP contribution is 2.40. The predicted octanol–water partition coefficient (Wildman–Crippen LogP) is 5.28. The molecule has 1 atom stereocenters. The van der Waals surface area contributed by atoms with Crippen molar-refractivity contribution in [3.8, 4) is 0 Å². The van der Waals surface area contributed by atoms with Crippen LogP contribution in [-0.4, -0.2) is 49.3 Å². The van der Waals surface area contributed by atoms with Crippen LogP contribution in [0, 0.1) is 0 Å². The van der Waals surface area contributed by atoms with Crippen molar-refractivity contribution >= 4 is 10.0 Å². The maximum Gasteiger partial charge on any atom is 0.218 e. The molecule has 2 fully saturated rings. The molecule has 3 aromatic rings. The zero-order chi connectivity index (χ0) is 23.4. The summed E-state index contributed by atoms with van der Waals surface area (Å²) in [4.78, 5) is 2.61. The van der Waals surface area contributed by atoms with Crippen molar-refractivity contribution in [1.29, 1.82) is 0 Å². The fourth-order valence-corrected chi connectivity index (χ4v) is 7.56. The third kappa shape index (κ3) is 4.97. The lowest BCUT2D eigenvalue weighted by molar-refractivity contribution is 0.0714. The standard InChI is InChI=1S/C29H34N2O2S/c32-34(33,23-25-12-4-1-5-13-25)31-21-11-19-29(24-31)18-10-20-30(29)22-28(26-14-6-2-7-15-26)27-16-8-3-9-17-27/h1-9,12-17,28H,10-11,18-24H2. The van der Waals surface area contributed by atoms with Gasteiger partial charge in [-0.05, 0) is 48.9 Å². The Balaban J connectivity index is 1.38. The lowest BCUT2D eigenvalue weighted by Gasteiger charge is -2.46. The summed E-state index contributed by atoms with van der Waals surface area (Å²) in [7, 11) is -3.35. The third-order valence-electron chi connectivity index (χ3n) is 7.65. The quantitative estimate of drug-likeness (QED) is 0.468. The Morgan fingerprint density at radius 1 is 0.735 bits per heavy atom. The van der Waals surface area contributed by atoms with Gasteiger partial charge in [-0.15, -0.1) is 0 Å². The first-order valence-corrected chi connectivity index (χ1v) is 14.0. The molecule has 5 heteroatoms. The van der Waals surface area contributed by atoms with E-state index in [0.29, 0.717) is 13.1 Å². The Hall–Kier alpha value is -2.47. The molecule has 2 aliphatic heterocycles. The Morgan fingerprint density at radius 3 is 1.85 bits per heavy atom. The molecule has 0 radical (unpaired) electrons. The van der Waals surface area contributed by atoms with Crippen LogP contribution in [-0.2, 0) is 15.8 Å². The molecule has 0 aliphatic carbocycles. The summed E-state index contributed by atoms with van der Waals surface area (Å²) >= 11 is 0. The Bertz CT molecular complexity index is 1130. The second kappa shape index (κ2) is 10.0. The van der Waals surface area contributed by atoms with Gasteiger partial charge in [0, 0.05) is 31.1 Å². The molecule has 3 aromatic carbocycles. The number of rotatable bonds is 7. The van der Waals surface area contributed by atoms with Crippen molar-refractivity contribution in [2.45, 2.75) is 42.9 Å². The van der Waals surface area contributed by atoms with Crippen LogP contribution < -0.4 is 0 Å².